The summed E-state index contributed by atoms with van der Waals surface area (Å²) >= 11 is 0. The van der Waals surface area contributed by atoms with Crippen molar-refractivity contribution in [2.24, 2.45) is 5.92 Å². The fraction of sp³-hybridized carbons (Fsp3) is 0.692. The van der Waals surface area contributed by atoms with Crippen molar-refractivity contribution in [2.75, 3.05) is 57.3 Å². The number of nitrogens with zero attached hydrogens (tertiary/aromatic N) is 4. The molecule has 1 aromatic rings. The number of aryl methyl sites for hydroxylation is 1. The number of ether oxygens (including phenoxy) is 1. The van der Waals surface area contributed by atoms with Crippen LogP contribution in [0.5, 0.6) is 0 Å². The van der Waals surface area contributed by atoms with Gasteiger partial charge in [0, 0.05) is 70.5 Å². The van der Waals surface area contributed by atoms with Crippen molar-refractivity contribution in [3.05, 3.63) is 29.3 Å². The summed E-state index contributed by atoms with van der Waals surface area (Å²) in [5.74, 6) is 0.291. The molecular weight excluding hydrogens is 530 g/mol. The Morgan fingerprint density at radius 3 is 2.03 bits per heavy atom. The summed E-state index contributed by atoms with van der Waals surface area (Å²) in [6, 6.07) is 6.11. The van der Waals surface area contributed by atoms with Crippen molar-refractivity contribution in [1.82, 2.24) is 14.7 Å². The molecule has 0 unspecified atom stereocenters. The van der Waals surface area contributed by atoms with Gasteiger partial charge in [0.1, 0.15) is 0 Å². The lowest BCUT2D eigenvalue weighted by Crippen LogP contribution is -2.52. The minimum atomic E-state index is -5.74. The summed E-state index contributed by atoms with van der Waals surface area (Å²) < 4.78 is 80.3. The van der Waals surface area contributed by atoms with Crippen molar-refractivity contribution in [3.63, 3.8) is 0 Å². The minimum absolute atomic E-state index is 0.0368. The molecule has 0 bridgehead atoms. The first-order valence-electron chi connectivity index (χ1n) is 13.3. The number of hydrogen-bond donors (Lipinski definition) is 0. The van der Waals surface area contributed by atoms with E-state index in [2.05, 4.69) is 15.7 Å². The van der Waals surface area contributed by atoms with Gasteiger partial charge in [-0.3, -0.25) is 9.69 Å². The van der Waals surface area contributed by atoms with Crippen LogP contribution in [0.4, 0.5) is 36.8 Å². The Balaban J connectivity index is 1.32. The van der Waals surface area contributed by atoms with Crippen LogP contribution >= 0.6 is 0 Å². The molecule has 0 spiro atoms. The highest BCUT2D eigenvalue weighted by Crippen LogP contribution is 2.36. The van der Waals surface area contributed by atoms with Gasteiger partial charge in [-0.15, -0.1) is 0 Å². The second kappa shape index (κ2) is 11.8. The SMILES string of the molecule is Cc1ccc(CN2CCN(C(=O)OC(C(F)(F)F)C(F)(F)F)CC2)c(N2CCC(C(=O)N3CCCC3)CC2)c1. The third kappa shape index (κ3) is 7.29. The Morgan fingerprint density at radius 2 is 1.46 bits per heavy atom. The van der Waals surface area contributed by atoms with Crippen molar-refractivity contribution in [2.45, 2.75) is 57.6 Å². The lowest BCUT2D eigenvalue weighted by Gasteiger charge is -2.38. The van der Waals surface area contributed by atoms with Gasteiger partial charge in [0.25, 0.3) is 6.10 Å². The van der Waals surface area contributed by atoms with Crippen LogP contribution in [0, 0.1) is 12.8 Å². The monoisotopic (exact) mass is 564 g/mol. The molecular formula is C26H34F6N4O3. The van der Waals surface area contributed by atoms with Crippen LogP contribution in [0.3, 0.4) is 0 Å². The number of rotatable bonds is 5. The van der Waals surface area contributed by atoms with Gasteiger partial charge in [-0.2, -0.15) is 26.3 Å². The van der Waals surface area contributed by atoms with Gasteiger partial charge in [-0.25, -0.2) is 4.79 Å². The van der Waals surface area contributed by atoms with E-state index in [0.29, 0.717) is 6.54 Å². The molecule has 4 rings (SSSR count). The van der Waals surface area contributed by atoms with Crippen molar-refractivity contribution in [3.8, 4) is 0 Å². The zero-order valence-corrected chi connectivity index (χ0v) is 21.9. The van der Waals surface area contributed by atoms with E-state index >= 15 is 0 Å². The van der Waals surface area contributed by atoms with E-state index in [1.54, 1.807) is 0 Å². The van der Waals surface area contributed by atoms with Gasteiger partial charge in [-0.05, 0) is 49.8 Å². The van der Waals surface area contributed by atoms with E-state index in [1.807, 2.05) is 28.9 Å². The highest BCUT2D eigenvalue weighted by molar-refractivity contribution is 5.79. The molecule has 3 saturated heterocycles. The van der Waals surface area contributed by atoms with Gasteiger partial charge in [0.2, 0.25) is 5.91 Å². The molecule has 7 nitrogen and oxygen atoms in total. The molecule has 39 heavy (non-hydrogen) atoms. The number of piperidine rings is 1. The Labute approximate surface area is 223 Å². The zero-order chi connectivity index (χ0) is 28.4. The van der Waals surface area contributed by atoms with Crippen molar-refractivity contribution >= 4 is 17.7 Å². The molecule has 0 radical (unpaired) electrons. The first kappa shape index (κ1) is 29.3. The predicted molar refractivity (Wildman–Crippen MR) is 131 cm³/mol. The molecule has 218 valence electrons. The number of alkyl halides is 6. The maximum Gasteiger partial charge on any atom is 0.434 e. The van der Waals surface area contributed by atoms with Crippen molar-refractivity contribution in [1.29, 1.82) is 0 Å². The molecule has 2 amide bonds. The standard InChI is InChI=1S/C26H34F6N4O3/c1-18-4-5-20(21(16-18)34-10-6-19(7-11-34)22(37)35-8-2-3-9-35)17-33-12-14-36(15-13-33)24(38)39-23(25(27,28)29)26(30,31)32/h4-5,16,19,23H,2-3,6-15,17H2,1H3. The lowest BCUT2D eigenvalue weighted by molar-refractivity contribution is -0.308. The summed E-state index contributed by atoms with van der Waals surface area (Å²) in [5.41, 5.74) is 3.18. The third-order valence-corrected chi connectivity index (χ3v) is 7.68. The number of piperazine rings is 1. The molecule has 0 N–H and O–H groups in total. The summed E-state index contributed by atoms with van der Waals surface area (Å²) in [5, 5.41) is 0. The van der Waals surface area contributed by atoms with E-state index < -0.39 is 24.5 Å². The van der Waals surface area contributed by atoms with Crippen LogP contribution in [-0.2, 0) is 16.1 Å². The van der Waals surface area contributed by atoms with E-state index in [9.17, 15) is 35.9 Å². The second-order valence-corrected chi connectivity index (χ2v) is 10.5. The van der Waals surface area contributed by atoms with Crippen LogP contribution in [0.15, 0.2) is 18.2 Å². The third-order valence-electron chi connectivity index (χ3n) is 7.68. The van der Waals surface area contributed by atoms with E-state index in [1.165, 1.54) is 0 Å². The maximum atomic E-state index is 12.8. The van der Waals surface area contributed by atoms with Gasteiger partial charge in [0.05, 0.1) is 0 Å². The van der Waals surface area contributed by atoms with E-state index in [0.717, 1.165) is 73.6 Å². The number of benzene rings is 1. The molecule has 0 saturated carbocycles. The molecule has 0 aromatic heterocycles. The molecule has 3 fully saturated rings. The summed E-state index contributed by atoms with van der Waals surface area (Å²) in [7, 11) is 0. The smallest absolute Gasteiger partial charge is 0.426 e. The van der Waals surface area contributed by atoms with Gasteiger partial charge >= 0.3 is 18.4 Å². The topological polar surface area (TPSA) is 56.3 Å². The molecule has 1 aromatic carbocycles. The van der Waals surface area contributed by atoms with E-state index in [-0.39, 0.29) is 38.0 Å². The first-order valence-corrected chi connectivity index (χ1v) is 13.3. The van der Waals surface area contributed by atoms with Gasteiger partial charge in [0.15, 0.2) is 0 Å². The van der Waals surface area contributed by atoms with Crippen LogP contribution in [-0.4, -0.2) is 97.5 Å². The number of carbonyl (C=O) groups excluding carboxylic acids is 2. The minimum Gasteiger partial charge on any atom is -0.426 e. The van der Waals surface area contributed by atoms with Gasteiger partial charge < -0.3 is 19.4 Å². The number of hydrogen-bond acceptors (Lipinski definition) is 5. The second-order valence-electron chi connectivity index (χ2n) is 10.5. The summed E-state index contributed by atoms with van der Waals surface area (Å²) in [4.78, 5) is 32.0. The largest absolute Gasteiger partial charge is 0.434 e. The Hall–Kier alpha value is -2.70. The van der Waals surface area contributed by atoms with Crippen LogP contribution in [0.25, 0.3) is 0 Å². The molecule has 0 atom stereocenters. The van der Waals surface area contributed by atoms with Crippen LogP contribution < -0.4 is 4.90 Å². The zero-order valence-electron chi connectivity index (χ0n) is 21.9. The first-order chi connectivity index (χ1) is 18.3. The van der Waals surface area contributed by atoms with Crippen LogP contribution in [0.1, 0.15) is 36.8 Å². The van der Waals surface area contributed by atoms with E-state index in [4.69, 9.17) is 0 Å². The summed E-state index contributed by atoms with van der Waals surface area (Å²) in [6.07, 6.45) is -13.6. The van der Waals surface area contributed by atoms with Crippen LogP contribution in [0.2, 0.25) is 0 Å². The molecule has 3 aliphatic heterocycles. The number of halogens is 6. The average Bonchev–Trinajstić information content (AvgIpc) is 3.42. The average molecular weight is 565 g/mol. The Bertz CT molecular complexity index is 998. The Kier molecular flexibility index (Phi) is 8.87. The van der Waals surface area contributed by atoms with Crippen molar-refractivity contribution < 1.29 is 40.7 Å². The molecule has 3 heterocycles. The fourth-order valence-electron chi connectivity index (χ4n) is 5.49. The fourth-order valence-corrected chi connectivity index (χ4v) is 5.49. The maximum absolute atomic E-state index is 12.8. The summed E-state index contributed by atoms with van der Waals surface area (Å²) in [6.45, 7) is 6.15. The number of likely N-dealkylation sites (tertiary alicyclic amines) is 1. The highest BCUT2D eigenvalue weighted by atomic mass is 19.4. The normalized spacial score (nSPS) is 20.2. The Morgan fingerprint density at radius 1 is 0.872 bits per heavy atom. The van der Waals surface area contributed by atoms with Gasteiger partial charge in [-0.1, -0.05) is 12.1 Å². The number of anilines is 1. The number of carbonyl (C=O) groups is 2. The molecule has 0 aliphatic carbocycles. The lowest BCUT2D eigenvalue weighted by atomic mass is 9.94. The number of amides is 2. The molecule has 13 heteroatoms. The quantitative estimate of drug-likeness (QED) is 0.491. The highest BCUT2D eigenvalue weighted by Gasteiger charge is 2.60. The molecule has 3 aliphatic rings. The predicted octanol–water partition coefficient (Wildman–Crippen LogP) is 4.58.